The average molecular weight is 637 g/mol. The van der Waals surface area contributed by atoms with E-state index in [4.69, 9.17) is 15.0 Å². The van der Waals surface area contributed by atoms with Gasteiger partial charge in [0.25, 0.3) is 0 Å². The minimum absolute atomic E-state index is 0.0526. The van der Waals surface area contributed by atoms with Gasteiger partial charge in [0.15, 0.2) is 5.65 Å². The summed E-state index contributed by atoms with van der Waals surface area (Å²) < 4.78 is 2.17. The standard InChI is InChI=1S/C43H48N4O/c1-25(2)47-40(34-23-32(42(6,7)8)24-35(39(34)48)43(9,10)11)46-38-33(15-17-45-41(38)47)29-20-30(36-14-12-13-16-44-36)22-31(21-29)37-27(4)18-26(3)19-28(37)5/h12-25,48H,1-11H3. The summed E-state index contributed by atoms with van der Waals surface area (Å²) in [4.78, 5) is 15.0. The van der Waals surface area contributed by atoms with Gasteiger partial charge in [-0.15, -0.1) is 0 Å². The van der Waals surface area contributed by atoms with Crippen LogP contribution in [0.4, 0.5) is 0 Å². The van der Waals surface area contributed by atoms with Crippen LogP contribution in [0.25, 0.3) is 56.1 Å². The number of benzene rings is 3. The molecule has 3 aromatic carbocycles. The lowest BCUT2D eigenvalue weighted by atomic mass is 9.79. The number of rotatable bonds is 5. The minimum Gasteiger partial charge on any atom is -0.507 e. The number of aromatic nitrogens is 4. The van der Waals surface area contributed by atoms with Crippen LogP contribution in [0.5, 0.6) is 5.75 Å². The Morgan fingerprint density at radius 1 is 0.688 bits per heavy atom. The molecule has 3 aromatic heterocycles. The number of hydrogen-bond donors (Lipinski definition) is 1. The summed E-state index contributed by atoms with van der Waals surface area (Å²) in [7, 11) is 0. The van der Waals surface area contributed by atoms with Crippen LogP contribution in [0.15, 0.2) is 79.1 Å². The van der Waals surface area contributed by atoms with Crippen LogP contribution in [0.2, 0.25) is 0 Å². The normalized spacial score (nSPS) is 12.3. The highest BCUT2D eigenvalue weighted by Gasteiger charge is 2.29. The van der Waals surface area contributed by atoms with Gasteiger partial charge in [-0.3, -0.25) is 4.98 Å². The number of aryl methyl sites for hydroxylation is 3. The number of hydrogen-bond acceptors (Lipinski definition) is 4. The number of nitrogens with zero attached hydrogens (tertiary/aromatic N) is 4. The summed E-state index contributed by atoms with van der Waals surface area (Å²) in [5.74, 6) is 0.999. The fourth-order valence-corrected chi connectivity index (χ4v) is 6.96. The van der Waals surface area contributed by atoms with Crippen LogP contribution >= 0.6 is 0 Å². The van der Waals surface area contributed by atoms with Crippen molar-refractivity contribution in [3.8, 4) is 50.6 Å². The molecule has 3 heterocycles. The van der Waals surface area contributed by atoms with E-state index in [2.05, 4.69) is 135 Å². The molecule has 0 bridgehead atoms. The molecule has 0 unspecified atom stereocenters. The van der Waals surface area contributed by atoms with Crippen LogP contribution in [0.1, 0.15) is 89.2 Å². The topological polar surface area (TPSA) is 63.8 Å². The molecule has 0 saturated heterocycles. The Balaban J connectivity index is 1.67. The maximum absolute atomic E-state index is 11.9. The number of phenols is 1. The van der Waals surface area contributed by atoms with Crippen LogP contribution in [-0.2, 0) is 10.8 Å². The smallest absolute Gasteiger partial charge is 0.161 e. The molecular weight excluding hydrogens is 589 g/mol. The third-order valence-electron chi connectivity index (χ3n) is 9.29. The van der Waals surface area contributed by atoms with Crippen molar-refractivity contribution in [3.05, 3.63) is 107 Å². The Bertz CT molecular complexity index is 2140. The van der Waals surface area contributed by atoms with Gasteiger partial charge in [-0.25, -0.2) is 9.97 Å². The van der Waals surface area contributed by atoms with Crippen molar-refractivity contribution in [2.24, 2.45) is 0 Å². The molecule has 5 nitrogen and oxygen atoms in total. The van der Waals surface area contributed by atoms with E-state index >= 15 is 0 Å². The van der Waals surface area contributed by atoms with E-state index in [1.165, 1.54) is 22.3 Å². The number of fused-ring (bicyclic) bond motifs is 1. The van der Waals surface area contributed by atoms with Crippen molar-refractivity contribution >= 4 is 11.2 Å². The largest absolute Gasteiger partial charge is 0.507 e. The molecule has 0 saturated carbocycles. The molecule has 0 amide bonds. The van der Waals surface area contributed by atoms with E-state index in [0.717, 1.165) is 61.6 Å². The van der Waals surface area contributed by atoms with E-state index in [1.54, 1.807) is 0 Å². The second-order valence-electron chi connectivity index (χ2n) is 15.6. The molecule has 5 heteroatoms. The number of aromatic hydroxyl groups is 1. The van der Waals surface area contributed by atoms with Crippen molar-refractivity contribution in [1.29, 1.82) is 0 Å². The second kappa shape index (κ2) is 12.0. The van der Waals surface area contributed by atoms with E-state index < -0.39 is 0 Å². The highest BCUT2D eigenvalue weighted by atomic mass is 16.3. The zero-order chi connectivity index (χ0) is 34.7. The van der Waals surface area contributed by atoms with Crippen molar-refractivity contribution in [2.75, 3.05) is 0 Å². The molecular formula is C43H48N4O. The number of phenolic OH excluding ortho intramolecular Hbond substituents is 1. The predicted octanol–water partition coefficient (Wildman–Crippen LogP) is 11.3. The highest BCUT2D eigenvalue weighted by Crippen LogP contribution is 2.44. The summed E-state index contributed by atoms with van der Waals surface area (Å²) in [6.45, 7) is 23.9. The third-order valence-corrected chi connectivity index (χ3v) is 9.29. The molecule has 1 N–H and O–H groups in total. The van der Waals surface area contributed by atoms with Gasteiger partial charge in [-0.1, -0.05) is 71.4 Å². The van der Waals surface area contributed by atoms with E-state index in [9.17, 15) is 5.11 Å². The monoisotopic (exact) mass is 636 g/mol. The minimum atomic E-state index is -0.257. The van der Waals surface area contributed by atoms with Gasteiger partial charge in [-0.05, 0) is 121 Å². The summed E-state index contributed by atoms with van der Waals surface area (Å²) in [5.41, 5.74) is 14.1. The number of pyridine rings is 2. The van der Waals surface area contributed by atoms with Gasteiger partial charge in [0.05, 0.1) is 11.3 Å². The summed E-state index contributed by atoms with van der Waals surface area (Å²) in [5, 5.41) is 11.9. The lowest BCUT2D eigenvalue weighted by Gasteiger charge is -2.27. The molecule has 0 aliphatic carbocycles. The van der Waals surface area contributed by atoms with Crippen molar-refractivity contribution in [2.45, 2.75) is 93.0 Å². The van der Waals surface area contributed by atoms with E-state index in [0.29, 0.717) is 0 Å². The summed E-state index contributed by atoms with van der Waals surface area (Å²) in [6.07, 6.45) is 3.72. The van der Waals surface area contributed by atoms with Crippen LogP contribution in [-0.4, -0.2) is 24.6 Å². The Morgan fingerprint density at radius 2 is 1.35 bits per heavy atom. The maximum atomic E-state index is 11.9. The molecule has 246 valence electrons. The maximum Gasteiger partial charge on any atom is 0.161 e. The van der Waals surface area contributed by atoms with Crippen molar-refractivity contribution in [3.63, 3.8) is 0 Å². The van der Waals surface area contributed by atoms with Gasteiger partial charge in [0.1, 0.15) is 17.1 Å². The van der Waals surface area contributed by atoms with E-state index in [-0.39, 0.29) is 22.6 Å². The first kappa shape index (κ1) is 33.1. The molecule has 0 radical (unpaired) electrons. The quantitative estimate of drug-likeness (QED) is 0.204. The van der Waals surface area contributed by atoms with Gasteiger partial charge in [-0.2, -0.15) is 0 Å². The zero-order valence-corrected chi connectivity index (χ0v) is 30.3. The summed E-state index contributed by atoms with van der Waals surface area (Å²) in [6, 6.07) is 23.7. The lowest BCUT2D eigenvalue weighted by Crippen LogP contribution is -2.17. The lowest BCUT2D eigenvalue weighted by molar-refractivity contribution is 0.445. The van der Waals surface area contributed by atoms with Crippen molar-refractivity contribution in [1.82, 2.24) is 19.5 Å². The molecule has 48 heavy (non-hydrogen) atoms. The molecule has 6 rings (SSSR count). The first-order valence-electron chi connectivity index (χ1n) is 16.9. The fourth-order valence-electron chi connectivity index (χ4n) is 6.96. The van der Waals surface area contributed by atoms with Gasteiger partial charge < -0.3 is 9.67 Å². The number of imidazole rings is 1. The van der Waals surface area contributed by atoms with Crippen LogP contribution < -0.4 is 0 Å². The predicted molar refractivity (Wildman–Crippen MR) is 201 cm³/mol. The summed E-state index contributed by atoms with van der Waals surface area (Å²) >= 11 is 0. The van der Waals surface area contributed by atoms with Gasteiger partial charge in [0.2, 0.25) is 0 Å². The SMILES string of the molecule is Cc1cc(C)c(-c2cc(-c3ccccn3)cc(-c3ccnc4c3nc(-c3cc(C(C)(C)C)cc(C(C)(C)C)c3O)n4C(C)C)c2)c(C)c1. The van der Waals surface area contributed by atoms with E-state index in [1.807, 2.05) is 24.5 Å². The Kier molecular flexibility index (Phi) is 8.31. The van der Waals surface area contributed by atoms with Gasteiger partial charge in [0, 0.05) is 35.1 Å². The average Bonchev–Trinajstić information content (AvgIpc) is 3.40. The van der Waals surface area contributed by atoms with Crippen molar-refractivity contribution < 1.29 is 5.11 Å². The molecule has 0 fully saturated rings. The highest BCUT2D eigenvalue weighted by molar-refractivity contribution is 5.95. The Morgan fingerprint density at radius 3 is 1.96 bits per heavy atom. The zero-order valence-electron chi connectivity index (χ0n) is 30.3. The first-order valence-corrected chi connectivity index (χ1v) is 16.9. The molecule has 6 aromatic rings. The van der Waals surface area contributed by atoms with Crippen LogP contribution in [0, 0.1) is 20.8 Å². The van der Waals surface area contributed by atoms with Crippen LogP contribution in [0.3, 0.4) is 0 Å². The molecule has 0 spiro atoms. The molecule has 0 atom stereocenters. The Labute approximate surface area is 285 Å². The third kappa shape index (κ3) is 6.03. The first-order chi connectivity index (χ1) is 22.5. The fraction of sp³-hybridized carbons (Fsp3) is 0.326. The Hall–Kier alpha value is -4.77. The molecule has 0 aliphatic rings. The second-order valence-corrected chi connectivity index (χ2v) is 15.6. The molecule has 0 aliphatic heterocycles. The van der Waals surface area contributed by atoms with Gasteiger partial charge >= 0.3 is 0 Å².